The van der Waals surface area contributed by atoms with Gasteiger partial charge in [-0.15, -0.1) is 0 Å². The molecule has 1 atom stereocenters. The highest BCUT2D eigenvalue weighted by atomic mass is 19.1. The van der Waals surface area contributed by atoms with E-state index in [4.69, 9.17) is 0 Å². The first kappa shape index (κ1) is 8.70. The summed E-state index contributed by atoms with van der Waals surface area (Å²) in [7, 11) is 0. The Morgan fingerprint density at radius 2 is 2.31 bits per heavy atom. The second-order valence-corrected chi connectivity index (χ2v) is 3.39. The van der Waals surface area contributed by atoms with Crippen LogP contribution in [0.5, 0.6) is 0 Å². The molecular formula is C11H13FN. The van der Waals surface area contributed by atoms with Crippen molar-refractivity contribution in [2.24, 2.45) is 0 Å². The van der Waals surface area contributed by atoms with Crippen molar-refractivity contribution in [3.63, 3.8) is 0 Å². The molecule has 1 aliphatic heterocycles. The van der Waals surface area contributed by atoms with Gasteiger partial charge >= 0.3 is 0 Å². The molecule has 1 aromatic carbocycles. The summed E-state index contributed by atoms with van der Waals surface area (Å²) < 4.78 is 12.9. The molecule has 1 saturated heterocycles. The SMILES string of the molecule is Fc1cccc(C2[CH]CNCC2)c1. The number of benzene rings is 1. The van der Waals surface area contributed by atoms with Crippen molar-refractivity contribution in [1.29, 1.82) is 0 Å². The van der Waals surface area contributed by atoms with Crippen LogP contribution in [-0.2, 0) is 0 Å². The lowest BCUT2D eigenvalue weighted by atomic mass is 9.90. The number of nitrogens with one attached hydrogen (secondary N) is 1. The maximum atomic E-state index is 12.9. The van der Waals surface area contributed by atoms with Gasteiger partial charge in [0.15, 0.2) is 0 Å². The highest BCUT2D eigenvalue weighted by Gasteiger charge is 2.15. The summed E-state index contributed by atoms with van der Waals surface area (Å²) in [5, 5.41) is 3.25. The summed E-state index contributed by atoms with van der Waals surface area (Å²) in [5.74, 6) is 0.293. The van der Waals surface area contributed by atoms with Gasteiger partial charge in [0.1, 0.15) is 5.82 Å². The summed E-state index contributed by atoms with van der Waals surface area (Å²) in [5.41, 5.74) is 1.10. The van der Waals surface area contributed by atoms with E-state index in [1.807, 2.05) is 6.07 Å². The lowest BCUT2D eigenvalue weighted by Gasteiger charge is -2.22. The maximum Gasteiger partial charge on any atom is 0.123 e. The van der Waals surface area contributed by atoms with Crippen LogP contribution < -0.4 is 5.32 Å². The lowest BCUT2D eigenvalue weighted by Crippen LogP contribution is -2.27. The number of hydrogen-bond acceptors (Lipinski definition) is 1. The fourth-order valence-corrected chi connectivity index (χ4v) is 1.74. The van der Waals surface area contributed by atoms with Crippen molar-refractivity contribution in [2.45, 2.75) is 12.3 Å². The van der Waals surface area contributed by atoms with Crippen LogP contribution >= 0.6 is 0 Å². The molecule has 13 heavy (non-hydrogen) atoms. The van der Waals surface area contributed by atoms with Crippen molar-refractivity contribution in [2.75, 3.05) is 13.1 Å². The van der Waals surface area contributed by atoms with Crippen LogP contribution in [0.4, 0.5) is 4.39 Å². The second-order valence-electron chi connectivity index (χ2n) is 3.39. The second kappa shape index (κ2) is 3.88. The highest BCUT2D eigenvalue weighted by Crippen LogP contribution is 2.24. The molecule has 1 heterocycles. The van der Waals surface area contributed by atoms with Crippen LogP contribution in [0.3, 0.4) is 0 Å². The standard InChI is InChI=1S/C11H13FN/c12-11-3-1-2-10(8-11)9-4-6-13-7-5-9/h1-4,8-9,13H,5-7H2. The minimum atomic E-state index is -0.135. The third kappa shape index (κ3) is 2.07. The van der Waals surface area contributed by atoms with Crippen LogP contribution in [0.25, 0.3) is 0 Å². The minimum absolute atomic E-state index is 0.135. The summed E-state index contributed by atoms with van der Waals surface area (Å²) in [4.78, 5) is 0. The van der Waals surface area contributed by atoms with E-state index in [0.29, 0.717) is 5.92 Å². The first-order chi connectivity index (χ1) is 6.36. The van der Waals surface area contributed by atoms with E-state index in [1.165, 1.54) is 6.07 Å². The van der Waals surface area contributed by atoms with Crippen LogP contribution in [0, 0.1) is 12.2 Å². The van der Waals surface area contributed by atoms with E-state index in [0.717, 1.165) is 25.1 Å². The van der Waals surface area contributed by atoms with Crippen molar-refractivity contribution >= 4 is 0 Å². The monoisotopic (exact) mass is 178 g/mol. The maximum absolute atomic E-state index is 12.9. The predicted molar refractivity (Wildman–Crippen MR) is 50.9 cm³/mol. The zero-order valence-corrected chi connectivity index (χ0v) is 7.46. The van der Waals surface area contributed by atoms with Gasteiger partial charge in [0, 0.05) is 0 Å². The third-order valence-corrected chi connectivity index (χ3v) is 2.46. The molecule has 1 aromatic rings. The number of hydrogen-bond donors (Lipinski definition) is 1. The molecule has 1 nitrogen and oxygen atoms in total. The van der Waals surface area contributed by atoms with Gasteiger partial charge < -0.3 is 5.32 Å². The van der Waals surface area contributed by atoms with Gasteiger partial charge in [0.05, 0.1) is 0 Å². The van der Waals surface area contributed by atoms with Gasteiger partial charge in [-0.2, -0.15) is 0 Å². The Balaban J connectivity index is 2.14. The molecule has 69 valence electrons. The molecule has 0 amide bonds. The van der Waals surface area contributed by atoms with Gasteiger partial charge in [0.25, 0.3) is 0 Å². The van der Waals surface area contributed by atoms with Gasteiger partial charge in [-0.25, -0.2) is 4.39 Å². The Kier molecular flexibility index (Phi) is 2.60. The Labute approximate surface area is 78.0 Å². The number of rotatable bonds is 1. The van der Waals surface area contributed by atoms with Gasteiger partial charge in [-0.3, -0.25) is 0 Å². The summed E-state index contributed by atoms with van der Waals surface area (Å²) >= 11 is 0. The van der Waals surface area contributed by atoms with E-state index in [1.54, 1.807) is 12.1 Å². The molecule has 0 bridgehead atoms. The molecule has 1 radical (unpaired) electrons. The molecule has 2 heteroatoms. The Morgan fingerprint density at radius 3 is 3.00 bits per heavy atom. The Morgan fingerprint density at radius 1 is 1.38 bits per heavy atom. The average molecular weight is 178 g/mol. The molecular weight excluding hydrogens is 165 g/mol. The quantitative estimate of drug-likeness (QED) is 0.694. The zero-order chi connectivity index (χ0) is 9.10. The van der Waals surface area contributed by atoms with Gasteiger partial charge in [-0.05, 0) is 49.5 Å². The molecule has 0 saturated carbocycles. The fraction of sp³-hybridized carbons (Fsp3) is 0.364. The van der Waals surface area contributed by atoms with E-state index in [9.17, 15) is 4.39 Å². The molecule has 1 unspecified atom stereocenters. The molecule has 1 aliphatic rings. The normalized spacial score (nSPS) is 18.8. The lowest BCUT2D eigenvalue weighted by molar-refractivity contribution is 0.543. The van der Waals surface area contributed by atoms with E-state index in [2.05, 4.69) is 11.7 Å². The summed E-state index contributed by atoms with van der Waals surface area (Å²) in [6.07, 6.45) is 3.28. The molecule has 1 fully saturated rings. The predicted octanol–water partition coefficient (Wildman–Crippen LogP) is 2.11. The number of halogens is 1. The van der Waals surface area contributed by atoms with Crippen molar-refractivity contribution < 1.29 is 4.39 Å². The van der Waals surface area contributed by atoms with E-state index in [-0.39, 0.29) is 5.82 Å². The van der Waals surface area contributed by atoms with E-state index >= 15 is 0 Å². The Bertz CT molecular complexity index is 279. The van der Waals surface area contributed by atoms with Crippen LogP contribution in [0.2, 0.25) is 0 Å². The van der Waals surface area contributed by atoms with Crippen LogP contribution in [0.15, 0.2) is 24.3 Å². The molecule has 0 aromatic heterocycles. The van der Waals surface area contributed by atoms with E-state index < -0.39 is 0 Å². The topological polar surface area (TPSA) is 12.0 Å². The smallest absolute Gasteiger partial charge is 0.123 e. The van der Waals surface area contributed by atoms with Crippen molar-refractivity contribution in [3.05, 3.63) is 42.1 Å². The van der Waals surface area contributed by atoms with Gasteiger partial charge in [-0.1, -0.05) is 12.1 Å². The van der Waals surface area contributed by atoms with Crippen LogP contribution in [-0.4, -0.2) is 13.1 Å². The minimum Gasteiger partial charge on any atom is -0.316 e. The highest BCUT2D eigenvalue weighted by molar-refractivity contribution is 5.24. The molecule has 1 N–H and O–H groups in total. The first-order valence-electron chi connectivity index (χ1n) is 4.66. The number of piperidine rings is 1. The van der Waals surface area contributed by atoms with Gasteiger partial charge in [0.2, 0.25) is 0 Å². The van der Waals surface area contributed by atoms with Crippen molar-refractivity contribution in [1.82, 2.24) is 5.32 Å². The fourth-order valence-electron chi connectivity index (χ4n) is 1.74. The zero-order valence-electron chi connectivity index (χ0n) is 7.46. The Hall–Kier alpha value is -0.890. The largest absolute Gasteiger partial charge is 0.316 e. The first-order valence-corrected chi connectivity index (χ1v) is 4.66. The molecule has 0 aliphatic carbocycles. The third-order valence-electron chi connectivity index (χ3n) is 2.46. The molecule has 0 spiro atoms. The summed E-state index contributed by atoms with van der Waals surface area (Å²) in [6.45, 7) is 1.96. The molecule has 2 rings (SSSR count). The van der Waals surface area contributed by atoms with Crippen molar-refractivity contribution in [3.8, 4) is 0 Å². The average Bonchev–Trinajstić information content (AvgIpc) is 2.19. The van der Waals surface area contributed by atoms with Crippen LogP contribution in [0.1, 0.15) is 17.9 Å². The summed E-state index contributed by atoms with van der Waals surface area (Å²) in [6, 6.07) is 6.90.